The lowest BCUT2D eigenvalue weighted by Crippen LogP contribution is -2.19. The summed E-state index contributed by atoms with van der Waals surface area (Å²) in [5, 5.41) is 0.581. The fraction of sp³-hybridized carbons (Fsp3) is 0.250. The van der Waals surface area contributed by atoms with Crippen molar-refractivity contribution in [2.24, 2.45) is 0 Å². The summed E-state index contributed by atoms with van der Waals surface area (Å²) < 4.78 is 5.66. The van der Waals surface area contributed by atoms with E-state index in [-0.39, 0.29) is 0 Å². The summed E-state index contributed by atoms with van der Waals surface area (Å²) in [6, 6.07) is 13.6. The van der Waals surface area contributed by atoms with Crippen molar-refractivity contribution in [2.75, 3.05) is 33.0 Å². The first-order chi connectivity index (χ1) is 9.56. The molecule has 2 N–H and O–H groups in total. The number of hydrogen-bond donors (Lipinski definition) is 1. The lowest BCUT2D eigenvalue weighted by molar-refractivity contribution is 0.261. The molecule has 0 amide bonds. The van der Waals surface area contributed by atoms with E-state index in [2.05, 4.69) is 4.90 Å². The monoisotopic (exact) mass is 290 g/mol. The van der Waals surface area contributed by atoms with Crippen molar-refractivity contribution >= 4 is 17.3 Å². The first kappa shape index (κ1) is 14.7. The molecule has 4 heteroatoms. The molecule has 0 aliphatic heterocycles. The van der Waals surface area contributed by atoms with Crippen LogP contribution in [-0.4, -0.2) is 32.1 Å². The highest BCUT2D eigenvalue weighted by Crippen LogP contribution is 2.27. The summed E-state index contributed by atoms with van der Waals surface area (Å²) in [5.41, 5.74) is 8.55. The van der Waals surface area contributed by atoms with Crippen molar-refractivity contribution in [3.05, 3.63) is 47.5 Å². The van der Waals surface area contributed by atoms with E-state index in [4.69, 9.17) is 22.1 Å². The number of benzene rings is 2. The molecule has 0 heterocycles. The average molecular weight is 291 g/mol. The molecule has 0 saturated heterocycles. The van der Waals surface area contributed by atoms with Gasteiger partial charge < -0.3 is 15.4 Å². The number of likely N-dealkylation sites (N-methyl/N-ethyl adjacent to an activating group) is 1. The Bertz CT molecular complexity index is 567. The fourth-order valence-corrected chi connectivity index (χ4v) is 1.93. The molecular weight excluding hydrogens is 272 g/mol. The van der Waals surface area contributed by atoms with Gasteiger partial charge in [0.05, 0.1) is 10.7 Å². The number of hydrogen-bond acceptors (Lipinski definition) is 3. The van der Waals surface area contributed by atoms with Gasteiger partial charge in [0.25, 0.3) is 0 Å². The molecule has 2 aromatic rings. The van der Waals surface area contributed by atoms with E-state index in [9.17, 15) is 0 Å². The molecule has 2 rings (SSSR count). The van der Waals surface area contributed by atoms with Crippen LogP contribution in [0.2, 0.25) is 5.02 Å². The molecule has 106 valence electrons. The van der Waals surface area contributed by atoms with Crippen LogP contribution in [0.1, 0.15) is 0 Å². The van der Waals surface area contributed by atoms with Crippen molar-refractivity contribution in [3.8, 4) is 16.9 Å². The SMILES string of the molecule is CN(C)CCOc1ccc(-c2ccc(Cl)c(N)c2)cc1. The predicted octanol–water partition coefficient (Wildman–Crippen LogP) is 3.53. The number of rotatable bonds is 5. The van der Waals surface area contributed by atoms with Crippen molar-refractivity contribution in [2.45, 2.75) is 0 Å². The zero-order valence-corrected chi connectivity index (χ0v) is 12.5. The second-order valence-electron chi connectivity index (χ2n) is 4.91. The third-order valence-electron chi connectivity index (χ3n) is 2.99. The topological polar surface area (TPSA) is 38.5 Å². The molecule has 0 spiro atoms. The Morgan fingerprint density at radius 3 is 2.30 bits per heavy atom. The molecule has 2 aromatic carbocycles. The van der Waals surface area contributed by atoms with Crippen LogP contribution in [0.25, 0.3) is 11.1 Å². The van der Waals surface area contributed by atoms with E-state index < -0.39 is 0 Å². The summed E-state index contributed by atoms with van der Waals surface area (Å²) in [7, 11) is 4.05. The molecule has 20 heavy (non-hydrogen) atoms. The standard InChI is InChI=1S/C16H19ClN2O/c1-19(2)9-10-20-14-6-3-12(4-7-14)13-5-8-15(17)16(18)11-13/h3-8,11H,9-10,18H2,1-2H3. The maximum Gasteiger partial charge on any atom is 0.119 e. The zero-order valence-electron chi connectivity index (χ0n) is 11.8. The number of anilines is 1. The predicted molar refractivity (Wildman–Crippen MR) is 85.3 cm³/mol. The minimum atomic E-state index is 0.581. The Morgan fingerprint density at radius 1 is 1.05 bits per heavy atom. The number of ether oxygens (including phenoxy) is 1. The number of nitrogens with two attached hydrogens (primary N) is 1. The van der Waals surface area contributed by atoms with E-state index in [0.29, 0.717) is 17.3 Å². The molecule has 0 bridgehead atoms. The van der Waals surface area contributed by atoms with Gasteiger partial charge >= 0.3 is 0 Å². The van der Waals surface area contributed by atoms with Crippen LogP contribution in [0.15, 0.2) is 42.5 Å². The summed E-state index contributed by atoms with van der Waals surface area (Å²) >= 11 is 5.93. The second kappa shape index (κ2) is 6.64. The van der Waals surface area contributed by atoms with Gasteiger partial charge in [-0.05, 0) is 49.5 Å². The second-order valence-corrected chi connectivity index (χ2v) is 5.32. The molecule has 0 atom stereocenters. The van der Waals surface area contributed by atoms with Gasteiger partial charge in [0.1, 0.15) is 12.4 Å². The highest BCUT2D eigenvalue weighted by atomic mass is 35.5. The van der Waals surface area contributed by atoms with Gasteiger partial charge in [0, 0.05) is 6.54 Å². The van der Waals surface area contributed by atoms with Crippen molar-refractivity contribution in [3.63, 3.8) is 0 Å². The van der Waals surface area contributed by atoms with Crippen LogP contribution in [0.4, 0.5) is 5.69 Å². The quantitative estimate of drug-likeness (QED) is 0.856. The first-order valence-electron chi connectivity index (χ1n) is 6.49. The number of nitrogen functional groups attached to an aromatic ring is 1. The van der Waals surface area contributed by atoms with E-state index in [1.807, 2.05) is 56.6 Å². The first-order valence-corrected chi connectivity index (χ1v) is 6.87. The van der Waals surface area contributed by atoms with Crippen molar-refractivity contribution in [1.82, 2.24) is 4.90 Å². The Labute approximate surface area is 124 Å². The van der Waals surface area contributed by atoms with Crippen LogP contribution in [-0.2, 0) is 0 Å². The summed E-state index contributed by atoms with van der Waals surface area (Å²) in [5.74, 6) is 0.873. The highest BCUT2D eigenvalue weighted by Gasteiger charge is 2.02. The van der Waals surface area contributed by atoms with Gasteiger partial charge in [-0.15, -0.1) is 0 Å². The molecule has 0 aliphatic rings. The minimum Gasteiger partial charge on any atom is -0.492 e. The molecule has 0 aliphatic carbocycles. The van der Waals surface area contributed by atoms with Crippen molar-refractivity contribution in [1.29, 1.82) is 0 Å². The summed E-state index contributed by atoms with van der Waals surface area (Å²) in [6.07, 6.45) is 0. The smallest absolute Gasteiger partial charge is 0.119 e. The van der Waals surface area contributed by atoms with Crippen molar-refractivity contribution < 1.29 is 4.74 Å². The summed E-state index contributed by atoms with van der Waals surface area (Å²) in [4.78, 5) is 2.09. The summed E-state index contributed by atoms with van der Waals surface area (Å²) in [6.45, 7) is 1.58. The van der Waals surface area contributed by atoms with Gasteiger partial charge in [-0.1, -0.05) is 29.8 Å². The zero-order chi connectivity index (χ0) is 14.5. The van der Waals surface area contributed by atoms with Gasteiger partial charge in [-0.3, -0.25) is 0 Å². The van der Waals surface area contributed by atoms with Gasteiger partial charge in [0.2, 0.25) is 0 Å². The van der Waals surface area contributed by atoms with E-state index in [1.165, 1.54) is 0 Å². The lowest BCUT2D eigenvalue weighted by Gasteiger charge is -2.11. The van der Waals surface area contributed by atoms with E-state index >= 15 is 0 Å². The Kier molecular flexibility index (Phi) is 4.88. The molecule has 0 fully saturated rings. The molecule has 3 nitrogen and oxygen atoms in total. The fourth-order valence-electron chi connectivity index (χ4n) is 1.81. The third kappa shape index (κ3) is 3.89. The van der Waals surface area contributed by atoms with Crippen LogP contribution in [0.5, 0.6) is 5.75 Å². The van der Waals surface area contributed by atoms with Gasteiger partial charge in [-0.25, -0.2) is 0 Å². The van der Waals surface area contributed by atoms with Crippen LogP contribution < -0.4 is 10.5 Å². The minimum absolute atomic E-state index is 0.581. The lowest BCUT2D eigenvalue weighted by atomic mass is 10.1. The van der Waals surface area contributed by atoms with Gasteiger partial charge in [-0.2, -0.15) is 0 Å². The van der Waals surface area contributed by atoms with Crippen LogP contribution >= 0.6 is 11.6 Å². The average Bonchev–Trinajstić information content (AvgIpc) is 2.42. The number of nitrogens with zero attached hydrogens (tertiary/aromatic N) is 1. The van der Waals surface area contributed by atoms with E-state index in [0.717, 1.165) is 23.4 Å². The highest BCUT2D eigenvalue weighted by molar-refractivity contribution is 6.33. The molecule has 0 unspecified atom stereocenters. The molecule has 0 aromatic heterocycles. The third-order valence-corrected chi connectivity index (χ3v) is 3.34. The molecular formula is C16H19ClN2O. The molecule has 0 saturated carbocycles. The molecule has 0 radical (unpaired) electrons. The Balaban J connectivity index is 2.05. The van der Waals surface area contributed by atoms with Crippen LogP contribution in [0, 0.1) is 0 Å². The Morgan fingerprint density at radius 2 is 1.70 bits per heavy atom. The van der Waals surface area contributed by atoms with Gasteiger partial charge in [0.15, 0.2) is 0 Å². The normalized spacial score (nSPS) is 10.8. The van der Waals surface area contributed by atoms with Crippen LogP contribution in [0.3, 0.4) is 0 Å². The Hall–Kier alpha value is -1.71. The van der Waals surface area contributed by atoms with E-state index in [1.54, 1.807) is 0 Å². The maximum atomic E-state index is 5.93. The largest absolute Gasteiger partial charge is 0.492 e. The number of halogens is 1. The maximum absolute atomic E-state index is 5.93.